The highest BCUT2D eigenvalue weighted by molar-refractivity contribution is 6.28. The summed E-state index contributed by atoms with van der Waals surface area (Å²) in [7, 11) is 0. The molecular formula is C57H37NO2. The van der Waals surface area contributed by atoms with E-state index in [1.807, 2.05) is 12.1 Å². The van der Waals surface area contributed by atoms with Crippen molar-refractivity contribution in [1.82, 2.24) is 0 Å². The van der Waals surface area contributed by atoms with Crippen molar-refractivity contribution < 1.29 is 8.83 Å². The van der Waals surface area contributed by atoms with Crippen molar-refractivity contribution in [3.63, 3.8) is 0 Å². The van der Waals surface area contributed by atoms with E-state index in [0.717, 1.165) is 77.5 Å². The monoisotopic (exact) mass is 767 g/mol. The van der Waals surface area contributed by atoms with E-state index in [1.54, 1.807) is 0 Å². The van der Waals surface area contributed by atoms with Crippen LogP contribution in [0.1, 0.15) is 25.0 Å². The quantitative estimate of drug-likeness (QED) is 0.167. The van der Waals surface area contributed by atoms with Crippen LogP contribution in [0.3, 0.4) is 0 Å². The van der Waals surface area contributed by atoms with Gasteiger partial charge in [-0.25, -0.2) is 0 Å². The predicted molar refractivity (Wildman–Crippen MR) is 251 cm³/mol. The Kier molecular flexibility index (Phi) is 6.78. The second-order valence-electron chi connectivity index (χ2n) is 16.8. The van der Waals surface area contributed by atoms with Gasteiger partial charge in [-0.05, 0) is 103 Å². The number of fused-ring (bicyclic) bond motifs is 14. The summed E-state index contributed by atoms with van der Waals surface area (Å²) in [6, 6.07) is 68.3. The largest absolute Gasteiger partial charge is 0.456 e. The van der Waals surface area contributed by atoms with Crippen molar-refractivity contribution in [2.24, 2.45) is 0 Å². The van der Waals surface area contributed by atoms with Gasteiger partial charge in [-0.3, -0.25) is 0 Å². The Balaban J connectivity index is 1.21. The second-order valence-corrected chi connectivity index (χ2v) is 16.8. The number of nitrogens with zero attached hydrogens (tertiary/aromatic N) is 1. The van der Waals surface area contributed by atoms with Gasteiger partial charge in [0.05, 0.1) is 11.4 Å². The highest BCUT2D eigenvalue weighted by atomic mass is 16.3. The van der Waals surface area contributed by atoms with E-state index in [1.165, 1.54) is 49.2 Å². The zero-order valence-electron chi connectivity index (χ0n) is 33.2. The molecule has 60 heavy (non-hydrogen) atoms. The maximum Gasteiger partial charge on any atom is 0.160 e. The Morgan fingerprint density at radius 3 is 1.88 bits per heavy atom. The number of hydrogen-bond donors (Lipinski definition) is 0. The number of furan rings is 2. The maximum absolute atomic E-state index is 7.31. The molecule has 0 amide bonds. The van der Waals surface area contributed by atoms with E-state index in [4.69, 9.17) is 8.83 Å². The molecule has 2 heterocycles. The molecule has 13 rings (SSSR count). The smallest absolute Gasteiger partial charge is 0.160 e. The average molecular weight is 768 g/mol. The van der Waals surface area contributed by atoms with Crippen LogP contribution in [0.5, 0.6) is 0 Å². The number of anilines is 3. The first-order chi connectivity index (χ1) is 29.5. The third-order valence-electron chi connectivity index (χ3n) is 13.2. The third kappa shape index (κ3) is 4.55. The number of benzene rings is 10. The molecule has 0 saturated heterocycles. The van der Waals surface area contributed by atoms with Gasteiger partial charge in [0, 0.05) is 43.6 Å². The van der Waals surface area contributed by atoms with Crippen LogP contribution in [0.2, 0.25) is 0 Å². The summed E-state index contributed by atoms with van der Waals surface area (Å²) in [6.07, 6.45) is 0. The fourth-order valence-corrected chi connectivity index (χ4v) is 10.5. The molecule has 0 aliphatic heterocycles. The van der Waals surface area contributed by atoms with Gasteiger partial charge >= 0.3 is 0 Å². The standard InChI is InChI=1S/C57H37NO2/c1-57(2)47-23-11-9-21-41(47)42-27-26-36(33-48(42)57)58(49-24-13-16-34-14-3-6-18-38(34)49)55-43(46-32-35-15-4-5-17-37(35)39-19-7-8-20-40(39)46)28-29-45-54-52(60-56(45)55)31-30-51-53(54)44-22-10-12-25-50(44)59-51/h3-33H,1-2H3. The molecule has 0 N–H and O–H groups in total. The van der Waals surface area contributed by atoms with Gasteiger partial charge in [0.25, 0.3) is 0 Å². The number of hydrogen-bond acceptors (Lipinski definition) is 3. The topological polar surface area (TPSA) is 29.5 Å². The zero-order chi connectivity index (χ0) is 39.7. The molecule has 0 fully saturated rings. The van der Waals surface area contributed by atoms with Crippen LogP contribution in [0.4, 0.5) is 17.1 Å². The van der Waals surface area contributed by atoms with Gasteiger partial charge < -0.3 is 13.7 Å². The molecule has 0 atom stereocenters. The van der Waals surface area contributed by atoms with Crippen molar-refractivity contribution >= 4 is 93.3 Å². The van der Waals surface area contributed by atoms with Crippen LogP contribution >= 0.6 is 0 Å². The van der Waals surface area contributed by atoms with E-state index in [2.05, 4.69) is 195 Å². The Hall–Kier alpha value is -7.62. The minimum absolute atomic E-state index is 0.191. The molecule has 0 radical (unpaired) electrons. The molecule has 0 saturated carbocycles. The molecule has 3 nitrogen and oxygen atoms in total. The van der Waals surface area contributed by atoms with Gasteiger partial charge in [-0.1, -0.05) is 153 Å². The summed E-state index contributed by atoms with van der Waals surface area (Å²) < 4.78 is 13.8. The SMILES string of the molecule is CC1(C)c2ccccc2-c2ccc(N(c3cccc4ccccc34)c3c(-c4cc5ccccc5c5ccccc45)ccc4c3oc3ccc5oc6ccccc6c5c34)cc21. The van der Waals surface area contributed by atoms with Crippen LogP contribution in [0.25, 0.3) is 98.4 Å². The minimum Gasteiger partial charge on any atom is -0.456 e. The van der Waals surface area contributed by atoms with Crippen molar-refractivity contribution in [2.45, 2.75) is 19.3 Å². The summed E-state index contributed by atoms with van der Waals surface area (Å²) in [5.74, 6) is 0. The molecule has 1 aliphatic carbocycles. The highest BCUT2D eigenvalue weighted by Gasteiger charge is 2.36. The van der Waals surface area contributed by atoms with Crippen molar-refractivity contribution in [1.29, 1.82) is 0 Å². The first kappa shape index (κ1) is 33.4. The van der Waals surface area contributed by atoms with Crippen LogP contribution < -0.4 is 4.90 Å². The van der Waals surface area contributed by atoms with E-state index < -0.39 is 0 Å². The second kappa shape index (κ2) is 12.2. The Bertz CT molecular complexity index is 3760. The lowest BCUT2D eigenvalue weighted by Crippen LogP contribution is -2.17. The molecule has 3 heteroatoms. The minimum atomic E-state index is -0.191. The summed E-state index contributed by atoms with van der Waals surface area (Å²) in [5.41, 5.74) is 13.8. The molecule has 2 aromatic heterocycles. The predicted octanol–water partition coefficient (Wildman–Crippen LogP) is 16.4. The van der Waals surface area contributed by atoms with Crippen LogP contribution in [-0.4, -0.2) is 0 Å². The Labute approximate surface area is 346 Å². The normalized spacial score (nSPS) is 13.3. The number of para-hydroxylation sites is 1. The van der Waals surface area contributed by atoms with Crippen LogP contribution in [-0.2, 0) is 5.41 Å². The van der Waals surface area contributed by atoms with Crippen molar-refractivity contribution in [3.05, 3.63) is 199 Å². The van der Waals surface area contributed by atoms with Crippen molar-refractivity contribution in [2.75, 3.05) is 4.90 Å². The highest BCUT2D eigenvalue weighted by Crippen LogP contribution is 2.55. The summed E-state index contributed by atoms with van der Waals surface area (Å²) >= 11 is 0. The molecule has 0 bridgehead atoms. The Morgan fingerprint density at radius 2 is 1.02 bits per heavy atom. The molecule has 12 aromatic rings. The van der Waals surface area contributed by atoms with E-state index >= 15 is 0 Å². The fraction of sp³-hybridized carbons (Fsp3) is 0.0526. The molecule has 1 aliphatic rings. The van der Waals surface area contributed by atoms with Crippen molar-refractivity contribution in [3.8, 4) is 22.3 Å². The first-order valence-corrected chi connectivity index (χ1v) is 20.8. The fourth-order valence-electron chi connectivity index (χ4n) is 10.5. The van der Waals surface area contributed by atoms with Gasteiger partial charge in [0.2, 0.25) is 0 Å². The van der Waals surface area contributed by atoms with E-state index in [-0.39, 0.29) is 5.41 Å². The van der Waals surface area contributed by atoms with Crippen LogP contribution in [0, 0.1) is 0 Å². The lowest BCUT2D eigenvalue weighted by atomic mass is 9.82. The van der Waals surface area contributed by atoms with E-state index in [9.17, 15) is 0 Å². The average Bonchev–Trinajstić information content (AvgIpc) is 3.94. The summed E-state index contributed by atoms with van der Waals surface area (Å²) in [6.45, 7) is 4.72. The zero-order valence-corrected chi connectivity index (χ0v) is 33.2. The number of rotatable bonds is 4. The van der Waals surface area contributed by atoms with Crippen LogP contribution in [0.15, 0.2) is 197 Å². The molecule has 0 spiro atoms. The lowest BCUT2D eigenvalue weighted by Gasteiger charge is -2.31. The first-order valence-electron chi connectivity index (χ1n) is 20.8. The van der Waals surface area contributed by atoms with E-state index in [0.29, 0.717) is 0 Å². The third-order valence-corrected chi connectivity index (χ3v) is 13.2. The molecule has 282 valence electrons. The molecule has 0 unspecified atom stereocenters. The lowest BCUT2D eigenvalue weighted by molar-refractivity contribution is 0.660. The summed E-state index contributed by atoms with van der Waals surface area (Å²) in [5, 5.41) is 11.5. The van der Waals surface area contributed by atoms with Gasteiger partial charge in [-0.15, -0.1) is 0 Å². The maximum atomic E-state index is 7.31. The Morgan fingerprint density at radius 1 is 0.383 bits per heavy atom. The molecule has 10 aromatic carbocycles. The molecular weight excluding hydrogens is 731 g/mol. The van der Waals surface area contributed by atoms with Gasteiger partial charge in [0.15, 0.2) is 5.58 Å². The van der Waals surface area contributed by atoms with Gasteiger partial charge in [0.1, 0.15) is 16.7 Å². The summed E-state index contributed by atoms with van der Waals surface area (Å²) in [4.78, 5) is 2.48. The van der Waals surface area contributed by atoms with Gasteiger partial charge in [-0.2, -0.15) is 0 Å².